The second-order valence-electron chi connectivity index (χ2n) is 6.30. The topological polar surface area (TPSA) is 12.0 Å². The minimum atomic E-state index is 0.638. The zero-order chi connectivity index (χ0) is 12.0. The van der Waals surface area contributed by atoms with E-state index >= 15 is 0 Å². The fourth-order valence-corrected chi connectivity index (χ4v) is 2.93. The molecule has 0 aliphatic heterocycles. The molecule has 1 aliphatic carbocycles. The first-order valence-electron chi connectivity index (χ1n) is 7.35. The van der Waals surface area contributed by atoms with Gasteiger partial charge in [-0.3, -0.25) is 0 Å². The van der Waals surface area contributed by atoms with E-state index in [0.29, 0.717) is 6.04 Å². The van der Waals surface area contributed by atoms with Crippen molar-refractivity contribution in [3.8, 4) is 0 Å². The fourth-order valence-electron chi connectivity index (χ4n) is 2.93. The highest BCUT2D eigenvalue weighted by Gasteiger charge is 2.23. The molecule has 1 saturated carbocycles. The predicted molar refractivity (Wildman–Crippen MR) is 72.7 cm³/mol. The van der Waals surface area contributed by atoms with Crippen LogP contribution in [-0.4, -0.2) is 12.1 Å². The van der Waals surface area contributed by atoms with Gasteiger partial charge in [0.2, 0.25) is 0 Å². The van der Waals surface area contributed by atoms with Crippen molar-refractivity contribution in [1.29, 1.82) is 0 Å². The van der Waals surface area contributed by atoms with Gasteiger partial charge in [-0.15, -0.1) is 0 Å². The maximum Gasteiger partial charge on any atom is 0.00977 e. The summed E-state index contributed by atoms with van der Waals surface area (Å²) in [6, 6.07) is 1.42. The summed E-state index contributed by atoms with van der Waals surface area (Å²) in [6.07, 6.45) is 10.1. The van der Waals surface area contributed by atoms with Crippen molar-refractivity contribution in [2.45, 2.75) is 84.7 Å². The van der Waals surface area contributed by atoms with Gasteiger partial charge in [0, 0.05) is 12.1 Å². The van der Waals surface area contributed by atoms with Crippen molar-refractivity contribution in [3.63, 3.8) is 0 Å². The molecule has 0 heterocycles. The molecule has 1 N–H and O–H groups in total. The molecule has 1 aliphatic rings. The van der Waals surface area contributed by atoms with Gasteiger partial charge in [-0.2, -0.15) is 0 Å². The second kappa shape index (κ2) is 7.32. The molecule has 1 unspecified atom stereocenters. The monoisotopic (exact) mass is 225 g/mol. The van der Waals surface area contributed by atoms with Crippen LogP contribution in [0.5, 0.6) is 0 Å². The van der Waals surface area contributed by atoms with E-state index in [2.05, 4.69) is 33.0 Å². The summed E-state index contributed by atoms with van der Waals surface area (Å²) in [7, 11) is 0. The zero-order valence-electron chi connectivity index (χ0n) is 11.8. The number of hydrogen-bond donors (Lipinski definition) is 1. The van der Waals surface area contributed by atoms with E-state index < -0.39 is 0 Å². The Morgan fingerprint density at radius 1 is 0.938 bits per heavy atom. The molecule has 16 heavy (non-hydrogen) atoms. The summed E-state index contributed by atoms with van der Waals surface area (Å²) >= 11 is 0. The van der Waals surface area contributed by atoms with Gasteiger partial charge in [0.15, 0.2) is 0 Å². The average molecular weight is 225 g/mol. The highest BCUT2D eigenvalue weighted by Crippen LogP contribution is 2.29. The Hall–Kier alpha value is -0.0400. The first kappa shape index (κ1) is 14.0. The quantitative estimate of drug-likeness (QED) is 0.708. The molecular formula is C15H31N. The highest BCUT2D eigenvalue weighted by molar-refractivity contribution is 4.80. The van der Waals surface area contributed by atoms with E-state index in [9.17, 15) is 0 Å². The largest absolute Gasteiger partial charge is 0.312 e. The molecule has 0 aromatic heterocycles. The number of hydrogen-bond acceptors (Lipinski definition) is 1. The summed E-state index contributed by atoms with van der Waals surface area (Å²) in [4.78, 5) is 0. The zero-order valence-corrected chi connectivity index (χ0v) is 11.8. The van der Waals surface area contributed by atoms with Crippen LogP contribution in [-0.2, 0) is 0 Å². The van der Waals surface area contributed by atoms with Crippen LogP contribution in [0, 0.1) is 11.8 Å². The number of nitrogens with one attached hydrogen (secondary N) is 1. The third-order valence-electron chi connectivity index (χ3n) is 3.82. The maximum absolute atomic E-state index is 3.80. The van der Waals surface area contributed by atoms with Crippen molar-refractivity contribution < 1.29 is 0 Å². The highest BCUT2D eigenvalue weighted by atomic mass is 14.9. The lowest BCUT2D eigenvalue weighted by atomic mass is 9.81. The van der Waals surface area contributed by atoms with Gasteiger partial charge < -0.3 is 5.32 Å². The summed E-state index contributed by atoms with van der Waals surface area (Å²) in [5.74, 6) is 1.80. The molecular weight excluding hydrogens is 194 g/mol. The van der Waals surface area contributed by atoms with Crippen LogP contribution >= 0.6 is 0 Å². The molecule has 1 fully saturated rings. The van der Waals surface area contributed by atoms with Gasteiger partial charge in [0.25, 0.3) is 0 Å². The lowest BCUT2D eigenvalue weighted by Crippen LogP contribution is -2.41. The van der Waals surface area contributed by atoms with Crippen LogP contribution in [0.2, 0.25) is 0 Å². The number of rotatable bonds is 6. The molecule has 0 bridgehead atoms. The Balaban J connectivity index is 2.41. The first-order valence-corrected chi connectivity index (χ1v) is 7.35. The smallest absolute Gasteiger partial charge is 0.00977 e. The Morgan fingerprint density at radius 2 is 1.56 bits per heavy atom. The van der Waals surface area contributed by atoms with Gasteiger partial charge >= 0.3 is 0 Å². The van der Waals surface area contributed by atoms with Gasteiger partial charge in [-0.05, 0) is 37.5 Å². The lowest BCUT2D eigenvalue weighted by molar-refractivity contribution is 0.238. The van der Waals surface area contributed by atoms with Crippen LogP contribution in [0.4, 0.5) is 0 Å². The third kappa shape index (κ3) is 5.34. The summed E-state index contributed by atoms with van der Waals surface area (Å²) in [5.41, 5.74) is 0. The minimum absolute atomic E-state index is 0.638. The van der Waals surface area contributed by atoms with E-state index in [0.717, 1.165) is 17.9 Å². The van der Waals surface area contributed by atoms with Gasteiger partial charge in [0.05, 0.1) is 0 Å². The Kier molecular flexibility index (Phi) is 6.41. The van der Waals surface area contributed by atoms with Crippen molar-refractivity contribution in [1.82, 2.24) is 5.32 Å². The van der Waals surface area contributed by atoms with Crippen molar-refractivity contribution in [3.05, 3.63) is 0 Å². The minimum Gasteiger partial charge on any atom is -0.312 e. The van der Waals surface area contributed by atoms with Crippen molar-refractivity contribution in [2.75, 3.05) is 0 Å². The van der Waals surface area contributed by atoms with Crippen LogP contribution in [0.25, 0.3) is 0 Å². The summed E-state index contributed by atoms with van der Waals surface area (Å²) in [5, 5.41) is 3.80. The molecule has 1 rings (SSSR count). The first-order chi connectivity index (χ1) is 7.59. The lowest BCUT2D eigenvalue weighted by Gasteiger charge is -2.33. The molecule has 1 atom stereocenters. The molecule has 0 aromatic carbocycles. The fraction of sp³-hybridized carbons (Fsp3) is 1.00. The molecule has 0 aromatic rings. The van der Waals surface area contributed by atoms with E-state index in [4.69, 9.17) is 0 Å². The predicted octanol–water partition coefficient (Wildman–Crippen LogP) is 4.37. The summed E-state index contributed by atoms with van der Waals surface area (Å²) < 4.78 is 0. The molecule has 1 heteroatoms. The maximum atomic E-state index is 3.80. The second-order valence-corrected chi connectivity index (χ2v) is 6.30. The summed E-state index contributed by atoms with van der Waals surface area (Å²) in [6.45, 7) is 9.25. The Bertz CT molecular complexity index is 168. The molecule has 0 radical (unpaired) electrons. The van der Waals surface area contributed by atoms with Gasteiger partial charge in [0.1, 0.15) is 0 Å². The van der Waals surface area contributed by atoms with E-state index in [-0.39, 0.29) is 0 Å². The SMILES string of the molecule is CC(C)CCC(NC(C)C)C1CCCCC1. The third-order valence-corrected chi connectivity index (χ3v) is 3.82. The molecule has 0 saturated heterocycles. The standard InChI is InChI=1S/C15H31N/c1-12(2)10-11-15(16-13(3)4)14-8-6-5-7-9-14/h12-16H,5-11H2,1-4H3. The molecule has 1 nitrogen and oxygen atoms in total. The van der Waals surface area contributed by atoms with E-state index in [1.165, 1.54) is 44.9 Å². The van der Waals surface area contributed by atoms with Crippen LogP contribution in [0.3, 0.4) is 0 Å². The van der Waals surface area contributed by atoms with Gasteiger partial charge in [-0.1, -0.05) is 47.0 Å². The molecule has 0 amide bonds. The normalized spacial score (nSPS) is 20.6. The van der Waals surface area contributed by atoms with Crippen LogP contribution < -0.4 is 5.32 Å². The molecule has 0 spiro atoms. The van der Waals surface area contributed by atoms with Crippen molar-refractivity contribution in [2.24, 2.45) is 11.8 Å². The average Bonchev–Trinajstić information content (AvgIpc) is 2.25. The van der Waals surface area contributed by atoms with Crippen molar-refractivity contribution >= 4 is 0 Å². The van der Waals surface area contributed by atoms with E-state index in [1.807, 2.05) is 0 Å². The molecule has 96 valence electrons. The Labute approximate surface area is 102 Å². The van der Waals surface area contributed by atoms with E-state index in [1.54, 1.807) is 0 Å². The Morgan fingerprint density at radius 3 is 2.06 bits per heavy atom. The van der Waals surface area contributed by atoms with Crippen LogP contribution in [0.15, 0.2) is 0 Å². The van der Waals surface area contributed by atoms with Crippen LogP contribution in [0.1, 0.15) is 72.6 Å². The van der Waals surface area contributed by atoms with Gasteiger partial charge in [-0.25, -0.2) is 0 Å².